The molecule has 5 heteroatoms. The molecule has 2 atom stereocenters. The second-order valence-electron chi connectivity index (χ2n) is 7.28. The van der Waals surface area contributed by atoms with Crippen LogP contribution in [0.25, 0.3) is 0 Å². The zero-order valence-corrected chi connectivity index (χ0v) is 14.2. The van der Waals surface area contributed by atoms with E-state index >= 15 is 0 Å². The van der Waals surface area contributed by atoms with Gasteiger partial charge in [-0.05, 0) is 46.1 Å². The van der Waals surface area contributed by atoms with Gasteiger partial charge in [0, 0.05) is 12.5 Å². The third-order valence-corrected chi connectivity index (χ3v) is 4.13. The summed E-state index contributed by atoms with van der Waals surface area (Å²) in [5, 5.41) is 0. The fourth-order valence-corrected chi connectivity index (χ4v) is 2.96. The van der Waals surface area contributed by atoms with Gasteiger partial charge in [0.1, 0.15) is 5.60 Å². The summed E-state index contributed by atoms with van der Waals surface area (Å²) in [7, 11) is 0. The highest BCUT2D eigenvalue weighted by Gasteiger charge is 2.43. The lowest BCUT2D eigenvalue weighted by molar-refractivity contribution is -0.0763. The molecule has 0 aliphatic carbocycles. The smallest absolute Gasteiger partial charge is 0.410 e. The Labute approximate surface area is 136 Å². The van der Waals surface area contributed by atoms with Crippen LogP contribution in [0.3, 0.4) is 0 Å². The Morgan fingerprint density at radius 3 is 2.30 bits per heavy atom. The average molecular weight is 325 g/mol. The molecule has 0 spiro atoms. The van der Waals surface area contributed by atoms with Gasteiger partial charge in [-0.25, -0.2) is 13.6 Å². The van der Waals surface area contributed by atoms with E-state index in [0.29, 0.717) is 0 Å². The van der Waals surface area contributed by atoms with E-state index in [1.54, 1.807) is 25.7 Å². The van der Waals surface area contributed by atoms with E-state index in [1.807, 2.05) is 30.3 Å². The van der Waals surface area contributed by atoms with Gasteiger partial charge in [0.15, 0.2) is 0 Å². The summed E-state index contributed by atoms with van der Waals surface area (Å²) in [4.78, 5) is 14.1. The van der Waals surface area contributed by atoms with Crippen LogP contribution in [0.5, 0.6) is 0 Å². The number of nitrogens with zero attached hydrogens (tertiary/aromatic N) is 1. The minimum atomic E-state index is -2.74. The van der Waals surface area contributed by atoms with Crippen molar-refractivity contribution in [2.45, 2.75) is 58.1 Å². The molecule has 1 aliphatic heterocycles. The lowest BCUT2D eigenvalue weighted by Gasteiger charge is -2.41. The minimum absolute atomic E-state index is 0.243. The standard InChI is InChI=1S/C18H25F2NO2/c1-17(2,3)23-16(22)21-11-10-14(18(4,19)20)12-15(21)13-8-6-5-7-9-13/h5-9,14-15H,10-12H2,1-4H3. The first-order valence-electron chi connectivity index (χ1n) is 8.00. The molecule has 2 rings (SSSR count). The zero-order chi connectivity index (χ0) is 17.3. The fraction of sp³-hybridized carbons (Fsp3) is 0.611. The Morgan fingerprint density at radius 1 is 1.17 bits per heavy atom. The maximum Gasteiger partial charge on any atom is 0.410 e. The maximum absolute atomic E-state index is 13.8. The number of likely N-dealkylation sites (tertiary alicyclic amines) is 1. The topological polar surface area (TPSA) is 29.5 Å². The van der Waals surface area contributed by atoms with Gasteiger partial charge in [-0.2, -0.15) is 0 Å². The minimum Gasteiger partial charge on any atom is -0.444 e. The molecule has 128 valence electrons. The maximum atomic E-state index is 13.8. The van der Waals surface area contributed by atoms with E-state index in [0.717, 1.165) is 12.5 Å². The summed E-state index contributed by atoms with van der Waals surface area (Å²) >= 11 is 0. The van der Waals surface area contributed by atoms with E-state index in [9.17, 15) is 13.6 Å². The molecular weight excluding hydrogens is 300 g/mol. The molecule has 1 aromatic rings. The van der Waals surface area contributed by atoms with Gasteiger partial charge >= 0.3 is 6.09 Å². The van der Waals surface area contributed by atoms with E-state index in [2.05, 4.69) is 0 Å². The highest BCUT2D eigenvalue weighted by Crippen LogP contribution is 2.41. The molecule has 2 unspecified atom stereocenters. The van der Waals surface area contributed by atoms with Gasteiger partial charge in [-0.15, -0.1) is 0 Å². The van der Waals surface area contributed by atoms with Crippen molar-refractivity contribution in [2.24, 2.45) is 5.92 Å². The summed E-state index contributed by atoms with van der Waals surface area (Å²) in [6.07, 6.45) is 0.0861. The number of benzene rings is 1. The Hall–Kier alpha value is -1.65. The van der Waals surface area contributed by atoms with Crippen LogP contribution < -0.4 is 0 Å². The molecule has 1 aromatic carbocycles. The number of amides is 1. The molecule has 1 saturated heterocycles. The van der Waals surface area contributed by atoms with Crippen LogP contribution in [0.4, 0.5) is 13.6 Å². The molecule has 0 aromatic heterocycles. The van der Waals surface area contributed by atoms with Crippen molar-refractivity contribution in [2.75, 3.05) is 6.54 Å². The van der Waals surface area contributed by atoms with Crippen molar-refractivity contribution < 1.29 is 18.3 Å². The quantitative estimate of drug-likeness (QED) is 0.763. The van der Waals surface area contributed by atoms with Crippen LogP contribution in [-0.4, -0.2) is 29.1 Å². The van der Waals surface area contributed by atoms with Crippen LogP contribution in [0.2, 0.25) is 0 Å². The third kappa shape index (κ3) is 4.66. The van der Waals surface area contributed by atoms with Crippen molar-refractivity contribution in [1.82, 2.24) is 4.90 Å². The molecule has 0 N–H and O–H groups in total. The molecule has 0 bridgehead atoms. The monoisotopic (exact) mass is 325 g/mol. The van der Waals surface area contributed by atoms with E-state index in [4.69, 9.17) is 4.74 Å². The zero-order valence-electron chi connectivity index (χ0n) is 14.2. The number of halogens is 2. The molecule has 0 saturated carbocycles. The van der Waals surface area contributed by atoms with Crippen molar-refractivity contribution in [3.05, 3.63) is 35.9 Å². The van der Waals surface area contributed by atoms with E-state index in [-0.39, 0.29) is 25.4 Å². The summed E-state index contributed by atoms with van der Waals surface area (Å²) in [5.41, 5.74) is 0.261. The highest BCUT2D eigenvalue weighted by molar-refractivity contribution is 5.69. The Bertz CT molecular complexity index is 534. The molecule has 1 heterocycles. The first kappa shape index (κ1) is 17.7. The normalized spacial score (nSPS) is 22.8. The molecule has 1 aliphatic rings. The van der Waals surface area contributed by atoms with Gasteiger partial charge in [0.25, 0.3) is 0 Å². The van der Waals surface area contributed by atoms with Crippen LogP contribution in [0, 0.1) is 5.92 Å². The number of piperidine rings is 1. The first-order valence-corrected chi connectivity index (χ1v) is 8.00. The Morgan fingerprint density at radius 2 is 1.78 bits per heavy atom. The Kier molecular flexibility index (Phi) is 4.97. The van der Waals surface area contributed by atoms with Crippen molar-refractivity contribution in [3.63, 3.8) is 0 Å². The number of carbonyl (C=O) groups is 1. The van der Waals surface area contributed by atoms with Crippen molar-refractivity contribution >= 4 is 6.09 Å². The SMILES string of the molecule is CC(C)(C)OC(=O)N1CCC(C(C)(F)F)CC1c1ccccc1. The predicted octanol–water partition coefficient (Wildman–Crippen LogP) is 5.03. The summed E-state index contributed by atoms with van der Waals surface area (Å²) in [6, 6.07) is 8.95. The van der Waals surface area contributed by atoms with Crippen LogP contribution in [0.15, 0.2) is 30.3 Å². The van der Waals surface area contributed by atoms with Gasteiger partial charge < -0.3 is 9.64 Å². The fourth-order valence-electron chi connectivity index (χ4n) is 2.96. The van der Waals surface area contributed by atoms with E-state index < -0.39 is 23.5 Å². The number of rotatable bonds is 2. The molecule has 1 fully saturated rings. The summed E-state index contributed by atoms with van der Waals surface area (Å²) < 4.78 is 33.0. The third-order valence-electron chi connectivity index (χ3n) is 4.13. The van der Waals surface area contributed by atoms with E-state index in [1.165, 1.54) is 0 Å². The van der Waals surface area contributed by atoms with Gasteiger partial charge in [-0.1, -0.05) is 30.3 Å². The van der Waals surface area contributed by atoms with Crippen LogP contribution >= 0.6 is 0 Å². The largest absolute Gasteiger partial charge is 0.444 e. The first-order chi connectivity index (χ1) is 10.6. The summed E-state index contributed by atoms with van der Waals surface area (Å²) in [6.45, 7) is 6.64. The number of carbonyl (C=O) groups excluding carboxylic acids is 1. The van der Waals surface area contributed by atoms with Crippen LogP contribution in [0.1, 0.15) is 52.1 Å². The Balaban J connectivity index is 2.25. The van der Waals surface area contributed by atoms with Crippen molar-refractivity contribution in [1.29, 1.82) is 0 Å². The molecule has 0 radical (unpaired) electrons. The number of ether oxygens (including phenoxy) is 1. The number of alkyl halides is 2. The molecular formula is C18H25F2NO2. The lowest BCUT2D eigenvalue weighted by Crippen LogP contribution is -2.46. The van der Waals surface area contributed by atoms with Gasteiger partial charge in [0.2, 0.25) is 5.92 Å². The second kappa shape index (κ2) is 6.46. The molecule has 3 nitrogen and oxygen atoms in total. The van der Waals surface area contributed by atoms with Gasteiger partial charge in [-0.3, -0.25) is 0 Å². The van der Waals surface area contributed by atoms with Gasteiger partial charge in [0.05, 0.1) is 6.04 Å². The number of hydrogen-bond donors (Lipinski definition) is 0. The summed E-state index contributed by atoms with van der Waals surface area (Å²) in [5.74, 6) is -3.47. The molecule has 23 heavy (non-hydrogen) atoms. The number of hydrogen-bond acceptors (Lipinski definition) is 2. The highest BCUT2D eigenvalue weighted by atomic mass is 19.3. The van der Waals surface area contributed by atoms with Crippen molar-refractivity contribution in [3.8, 4) is 0 Å². The average Bonchev–Trinajstić information content (AvgIpc) is 2.45. The lowest BCUT2D eigenvalue weighted by atomic mass is 9.84. The van der Waals surface area contributed by atoms with Crippen LogP contribution in [-0.2, 0) is 4.74 Å². The molecule has 1 amide bonds. The predicted molar refractivity (Wildman–Crippen MR) is 85.5 cm³/mol. The second-order valence-corrected chi connectivity index (χ2v) is 7.28.